The van der Waals surface area contributed by atoms with Gasteiger partial charge in [-0.05, 0) is 39.0 Å². The quantitative estimate of drug-likeness (QED) is 0.905. The molecule has 0 bridgehead atoms. The van der Waals surface area contributed by atoms with Crippen molar-refractivity contribution in [3.8, 4) is 0 Å². The first-order chi connectivity index (χ1) is 9.62. The van der Waals surface area contributed by atoms with Crippen molar-refractivity contribution in [2.24, 2.45) is 0 Å². The molecule has 116 valence electrons. The van der Waals surface area contributed by atoms with E-state index in [2.05, 4.69) is 0 Å². The molecule has 21 heavy (non-hydrogen) atoms. The monoisotopic (exact) mass is 292 g/mol. The lowest BCUT2D eigenvalue weighted by molar-refractivity contribution is -0.137. The largest absolute Gasteiger partial charge is 0.481 e. The molecule has 0 unspecified atom stereocenters. The molecule has 5 nitrogen and oxygen atoms in total. The summed E-state index contributed by atoms with van der Waals surface area (Å²) in [6.07, 6.45) is -0.0591. The van der Waals surface area contributed by atoms with E-state index < -0.39 is 11.5 Å². The Morgan fingerprint density at radius 3 is 2.29 bits per heavy atom. The Morgan fingerprint density at radius 1 is 1.19 bits per heavy atom. The van der Waals surface area contributed by atoms with Crippen LogP contribution in [0, 0.1) is 0 Å². The van der Waals surface area contributed by atoms with Crippen molar-refractivity contribution in [3.05, 3.63) is 29.8 Å². The molecule has 0 radical (unpaired) electrons. The first kappa shape index (κ1) is 17.0. The van der Waals surface area contributed by atoms with Crippen LogP contribution in [0.25, 0.3) is 0 Å². The molecule has 0 heterocycles. The maximum absolute atomic E-state index is 12.7. The van der Waals surface area contributed by atoms with Crippen LogP contribution in [0.3, 0.4) is 0 Å². The van der Waals surface area contributed by atoms with Gasteiger partial charge in [0.1, 0.15) is 0 Å². The van der Waals surface area contributed by atoms with Gasteiger partial charge in [-0.1, -0.05) is 6.07 Å². The third-order valence-corrected chi connectivity index (χ3v) is 3.21. The third kappa shape index (κ3) is 4.77. The minimum Gasteiger partial charge on any atom is -0.481 e. The van der Waals surface area contributed by atoms with Crippen molar-refractivity contribution >= 4 is 17.6 Å². The molecule has 0 aliphatic carbocycles. The van der Waals surface area contributed by atoms with Gasteiger partial charge in [0.25, 0.3) is 5.91 Å². The topological polar surface area (TPSA) is 60.9 Å². The van der Waals surface area contributed by atoms with Crippen LogP contribution in [0.15, 0.2) is 24.3 Å². The molecule has 1 aromatic rings. The number of nitrogens with zero attached hydrogens (tertiary/aromatic N) is 2. The van der Waals surface area contributed by atoms with E-state index in [1.165, 1.54) is 0 Å². The van der Waals surface area contributed by atoms with Crippen LogP contribution in [-0.2, 0) is 4.79 Å². The first-order valence-corrected chi connectivity index (χ1v) is 6.94. The maximum Gasteiger partial charge on any atom is 0.305 e. The molecule has 1 N–H and O–H groups in total. The Hall–Kier alpha value is -2.04. The molecule has 0 atom stereocenters. The van der Waals surface area contributed by atoms with Crippen LogP contribution < -0.4 is 4.90 Å². The number of aliphatic carboxylic acids is 1. The second-order valence-electron chi connectivity index (χ2n) is 6.22. The lowest BCUT2D eigenvalue weighted by Crippen LogP contribution is -2.46. The average molecular weight is 292 g/mol. The minimum atomic E-state index is -0.904. The molecule has 0 aromatic heterocycles. The molecule has 0 saturated carbocycles. The molecular formula is C16H24N2O3. The highest BCUT2D eigenvalue weighted by molar-refractivity contribution is 5.95. The summed E-state index contributed by atoms with van der Waals surface area (Å²) in [5, 5.41) is 8.85. The summed E-state index contributed by atoms with van der Waals surface area (Å²) < 4.78 is 0. The van der Waals surface area contributed by atoms with Crippen LogP contribution in [-0.4, -0.2) is 48.1 Å². The molecule has 0 spiro atoms. The van der Waals surface area contributed by atoms with Crippen molar-refractivity contribution in [2.75, 3.05) is 25.5 Å². The first-order valence-electron chi connectivity index (χ1n) is 6.94. The minimum absolute atomic E-state index is 0.0591. The Balaban J connectivity index is 3.05. The Kier molecular flexibility index (Phi) is 5.35. The number of hydrogen-bond acceptors (Lipinski definition) is 3. The summed E-state index contributed by atoms with van der Waals surface area (Å²) in [5.74, 6) is -1.05. The number of amides is 1. The molecule has 0 aliphatic heterocycles. The standard InChI is InChI=1S/C16H24N2O3/c1-16(2,3)18(10-9-14(19)20)15(21)12-7-6-8-13(11-12)17(4)5/h6-8,11H,9-10H2,1-5H3,(H,19,20). The Morgan fingerprint density at radius 2 is 1.81 bits per heavy atom. The number of rotatable bonds is 5. The predicted molar refractivity (Wildman–Crippen MR) is 83.8 cm³/mol. The van der Waals surface area contributed by atoms with Gasteiger partial charge in [-0.2, -0.15) is 0 Å². The molecule has 0 fully saturated rings. The molecular weight excluding hydrogens is 268 g/mol. The van der Waals surface area contributed by atoms with Gasteiger partial charge in [0.15, 0.2) is 0 Å². The fourth-order valence-electron chi connectivity index (χ4n) is 2.02. The van der Waals surface area contributed by atoms with E-state index >= 15 is 0 Å². The van der Waals surface area contributed by atoms with E-state index in [1.807, 2.05) is 58.0 Å². The average Bonchev–Trinajstić information content (AvgIpc) is 2.36. The van der Waals surface area contributed by atoms with Crippen molar-refractivity contribution < 1.29 is 14.7 Å². The number of carboxylic acid groups (broad SMARTS) is 1. The van der Waals surface area contributed by atoms with Crippen molar-refractivity contribution in [2.45, 2.75) is 32.7 Å². The number of carbonyl (C=O) groups is 2. The van der Waals surface area contributed by atoms with E-state index in [4.69, 9.17) is 5.11 Å². The van der Waals surface area contributed by atoms with Gasteiger partial charge in [-0.3, -0.25) is 9.59 Å². The van der Waals surface area contributed by atoms with Crippen molar-refractivity contribution in [1.29, 1.82) is 0 Å². The van der Waals surface area contributed by atoms with Gasteiger partial charge in [0, 0.05) is 37.4 Å². The summed E-state index contributed by atoms with van der Waals surface area (Å²) >= 11 is 0. The molecule has 0 aliphatic rings. The Bertz CT molecular complexity index is 518. The normalized spacial score (nSPS) is 11.1. The highest BCUT2D eigenvalue weighted by atomic mass is 16.4. The summed E-state index contributed by atoms with van der Waals surface area (Å²) in [6.45, 7) is 5.91. The molecule has 1 rings (SSSR count). The van der Waals surface area contributed by atoms with E-state index in [0.717, 1.165) is 5.69 Å². The molecule has 0 saturated heterocycles. The van der Waals surface area contributed by atoms with Crippen molar-refractivity contribution in [3.63, 3.8) is 0 Å². The highest BCUT2D eigenvalue weighted by Gasteiger charge is 2.27. The van der Waals surface area contributed by atoms with Gasteiger partial charge < -0.3 is 14.9 Å². The highest BCUT2D eigenvalue weighted by Crippen LogP contribution is 2.20. The smallest absolute Gasteiger partial charge is 0.305 e. The maximum atomic E-state index is 12.7. The third-order valence-electron chi connectivity index (χ3n) is 3.21. The van der Waals surface area contributed by atoms with E-state index in [-0.39, 0.29) is 18.9 Å². The second-order valence-corrected chi connectivity index (χ2v) is 6.22. The zero-order valence-electron chi connectivity index (χ0n) is 13.4. The predicted octanol–water partition coefficient (Wildman–Crippen LogP) is 2.47. The lowest BCUT2D eigenvalue weighted by atomic mass is 10.0. The fourth-order valence-corrected chi connectivity index (χ4v) is 2.02. The van der Waals surface area contributed by atoms with Gasteiger partial charge >= 0.3 is 5.97 Å². The number of benzene rings is 1. The van der Waals surface area contributed by atoms with Crippen LogP contribution in [0.1, 0.15) is 37.6 Å². The zero-order valence-corrected chi connectivity index (χ0v) is 13.4. The molecule has 5 heteroatoms. The van der Waals surface area contributed by atoms with Gasteiger partial charge in [-0.25, -0.2) is 0 Å². The van der Waals surface area contributed by atoms with E-state index in [9.17, 15) is 9.59 Å². The van der Waals surface area contributed by atoms with Crippen LogP contribution >= 0.6 is 0 Å². The van der Waals surface area contributed by atoms with Crippen LogP contribution in [0.5, 0.6) is 0 Å². The molecule has 1 amide bonds. The number of anilines is 1. The van der Waals surface area contributed by atoms with Gasteiger partial charge in [-0.15, -0.1) is 0 Å². The summed E-state index contributed by atoms with van der Waals surface area (Å²) in [7, 11) is 3.82. The van der Waals surface area contributed by atoms with Gasteiger partial charge in [0.05, 0.1) is 6.42 Å². The summed E-state index contributed by atoms with van der Waals surface area (Å²) in [5.41, 5.74) is 1.08. The van der Waals surface area contributed by atoms with Crippen LogP contribution in [0.2, 0.25) is 0 Å². The Labute approximate surface area is 126 Å². The lowest BCUT2D eigenvalue weighted by Gasteiger charge is -2.35. The van der Waals surface area contributed by atoms with Crippen molar-refractivity contribution in [1.82, 2.24) is 4.90 Å². The van der Waals surface area contributed by atoms with Gasteiger partial charge in [0.2, 0.25) is 0 Å². The van der Waals surface area contributed by atoms with Crippen LogP contribution in [0.4, 0.5) is 5.69 Å². The number of hydrogen-bond donors (Lipinski definition) is 1. The fraction of sp³-hybridized carbons (Fsp3) is 0.500. The summed E-state index contributed by atoms with van der Waals surface area (Å²) in [4.78, 5) is 27.0. The number of carboxylic acids is 1. The molecule has 1 aromatic carbocycles. The second kappa shape index (κ2) is 6.61. The zero-order chi connectivity index (χ0) is 16.2. The van der Waals surface area contributed by atoms with E-state index in [1.54, 1.807) is 11.0 Å². The summed E-state index contributed by atoms with van der Waals surface area (Å²) in [6, 6.07) is 7.34. The SMILES string of the molecule is CN(C)c1cccc(C(=O)N(CCC(=O)O)C(C)(C)C)c1. The van der Waals surface area contributed by atoms with E-state index in [0.29, 0.717) is 5.56 Å². The number of carbonyl (C=O) groups excluding carboxylic acids is 1.